The van der Waals surface area contributed by atoms with Crippen molar-refractivity contribution in [1.29, 1.82) is 0 Å². The molecule has 2 saturated heterocycles. The van der Waals surface area contributed by atoms with Gasteiger partial charge < -0.3 is 10.2 Å². The van der Waals surface area contributed by atoms with Crippen LogP contribution >= 0.6 is 0 Å². The highest BCUT2D eigenvalue weighted by Gasteiger charge is 2.32. The summed E-state index contributed by atoms with van der Waals surface area (Å²) in [5.74, 6) is 2.93. The molecular formula is C16H22N4O. The Morgan fingerprint density at radius 2 is 1.86 bits per heavy atom. The first kappa shape index (κ1) is 13.2. The van der Waals surface area contributed by atoms with Crippen molar-refractivity contribution in [2.24, 2.45) is 11.8 Å². The Morgan fingerprint density at radius 1 is 1.14 bits per heavy atom. The zero-order chi connectivity index (χ0) is 14.2. The van der Waals surface area contributed by atoms with Crippen LogP contribution in [0.5, 0.6) is 0 Å². The summed E-state index contributed by atoms with van der Waals surface area (Å²) in [5, 5.41) is 3.47. The van der Waals surface area contributed by atoms with E-state index in [9.17, 15) is 4.79 Å². The quantitative estimate of drug-likeness (QED) is 0.893. The van der Waals surface area contributed by atoms with E-state index < -0.39 is 0 Å². The van der Waals surface area contributed by atoms with Crippen molar-refractivity contribution >= 4 is 5.91 Å². The van der Waals surface area contributed by atoms with Crippen molar-refractivity contribution in [3.8, 4) is 0 Å². The molecule has 3 fully saturated rings. The lowest BCUT2D eigenvalue weighted by Gasteiger charge is -2.20. The molecule has 2 atom stereocenters. The van der Waals surface area contributed by atoms with Gasteiger partial charge in [-0.1, -0.05) is 0 Å². The topological polar surface area (TPSA) is 58.1 Å². The molecule has 1 N–H and O–H groups in total. The van der Waals surface area contributed by atoms with Gasteiger partial charge in [0, 0.05) is 25.2 Å². The van der Waals surface area contributed by atoms with Gasteiger partial charge in [-0.2, -0.15) is 0 Å². The van der Waals surface area contributed by atoms with Crippen molar-refractivity contribution in [3.05, 3.63) is 23.8 Å². The first-order valence-electron chi connectivity index (χ1n) is 8.14. The molecule has 112 valence electrons. The number of carbonyl (C=O) groups excluding carboxylic acids is 1. The molecule has 0 aromatic carbocycles. The van der Waals surface area contributed by atoms with Crippen LogP contribution in [0.15, 0.2) is 12.3 Å². The third kappa shape index (κ3) is 2.67. The minimum atomic E-state index is 0.0900. The van der Waals surface area contributed by atoms with E-state index >= 15 is 0 Å². The van der Waals surface area contributed by atoms with Gasteiger partial charge in [0.1, 0.15) is 11.5 Å². The van der Waals surface area contributed by atoms with Crippen molar-refractivity contribution in [3.63, 3.8) is 0 Å². The molecule has 5 nitrogen and oxygen atoms in total. The van der Waals surface area contributed by atoms with Crippen LogP contribution in [0.4, 0.5) is 0 Å². The molecule has 0 spiro atoms. The van der Waals surface area contributed by atoms with Crippen LogP contribution in [-0.4, -0.2) is 47.0 Å². The van der Waals surface area contributed by atoms with E-state index in [1.165, 1.54) is 0 Å². The molecule has 2 aliphatic heterocycles. The maximum atomic E-state index is 12.7. The lowest BCUT2D eigenvalue weighted by Crippen LogP contribution is -2.33. The SMILES string of the molecule is O=C(c1ccnc(C2CC2)n1)N1CC[C@@H]2CNC[C@@H]2CC1. The van der Waals surface area contributed by atoms with E-state index in [1.807, 2.05) is 4.90 Å². The molecule has 1 aromatic heterocycles. The van der Waals surface area contributed by atoms with Gasteiger partial charge in [-0.3, -0.25) is 4.79 Å². The molecule has 3 heterocycles. The van der Waals surface area contributed by atoms with E-state index in [4.69, 9.17) is 0 Å². The number of hydrogen-bond acceptors (Lipinski definition) is 4. The Balaban J connectivity index is 1.47. The largest absolute Gasteiger partial charge is 0.337 e. The molecule has 1 saturated carbocycles. The average Bonchev–Trinajstić information content (AvgIpc) is 3.31. The highest BCUT2D eigenvalue weighted by Crippen LogP contribution is 2.37. The van der Waals surface area contributed by atoms with Crippen LogP contribution in [0, 0.1) is 11.8 Å². The lowest BCUT2D eigenvalue weighted by molar-refractivity contribution is 0.0752. The second-order valence-electron chi connectivity index (χ2n) is 6.62. The Labute approximate surface area is 125 Å². The van der Waals surface area contributed by atoms with Crippen molar-refractivity contribution < 1.29 is 4.79 Å². The van der Waals surface area contributed by atoms with Crippen molar-refractivity contribution in [1.82, 2.24) is 20.2 Å². The zero-order valence-electron chi connectivity index (χ0n) is 12.3. The fourth-order valence-electron chi connectivity index (χ4n) is 3.61. The molecule has 4 rings (SSSR count). The number of nitrogens with zero attached hydrogens (tertiary/aromatic N) is 3. The van der Waals surface area contributed by atoms with E-state index in [-0.39, 0.29) is 5.91 Å². The number of carbonyl (C=O) groups is 1. The van der Waals surface area contributed by atoms with E-state index in [0.29, 0.717) is 11.6 Å². The third-order valence-electron chi connectivity index (χ3n) is 5.14. The summed E-state index contributed by atoms with van der Waals surface area (Å²) in [6, 6.07) is 1.77. The molecule has 0 unspecified atom stereocenters. The summed E-state index contributed by atoms with van der Waals surface area (Å²) in [6.07, 6.45) is 6.30. The number of aromatic nitrogens is 2. The summed E-state index contributed by atoms with van der Waals surface area (Å²) in [6.45, 7) is 3.97. The van der Waals surface area contributed by atoms with Gasteiger partial charge in [0.2, 0.25) is 0 Å². The molecule has 1 aromatic rings. The highest BCUT2D eigenvalue weighted by molar-refractivity contribution is 5.92. The van der Waals surface area contributed by atoms with Gasteiger partial charge in [0.15, 0.2) is 0 Å². The minimum Gasteiger partial charge on any atom is -0.337 e. The minimum absolute atomic E-state index is 0.0900. The Hall–Kier alpha value is -1.49. The molecule has 3 aliphatic rings. The van der Waals surface area contributed by atoms with Crippen LogP contribution < -0.4 is 5.32 Å². The van der Waals surface area contributed by atoms with E-state index in [2.05, 4.69) is 15.3 Å². The number of fused-ring (bicyclic) bond motifs is 1. The normalized spacial score (nSPS) is 29.0. The monoisotopic (exact) mass is 286 g/mol. The Bertz CT molecular complexity index is 529. The molecule has 1 aliphatic carbocycles. The predicted octanol–water partition coefficient (Wildman–Crippen LogP) is 1.43. The highest BCUT2D eigenvalue weighted by atomic mass is 16.2. The zero-order valence-corrected chi connectivity index (χ0v) is 12.3. The fraction of sp³-hybridized carbons (Fsp3) is 0.688. The van der Waals surface area contributed by atoms with Crippen LogP contribution in [-0.2, 0) is 0 Å². The number of amides is 1. The van der Waals surface area contributed by atoms with Crippen LogP contribution in [0.25, 0.3) is 0 Å². The summed E-state index contributed by atoms with van der Waals surface area (Å²) in [5.41, 5.74) is 0.581. The maximum absolute atomic E-state index is 12.7. The summed E-state index contributed by atoms with van der Waals surface area (Å²) >= 11 is 0. The lowest BCUT2D eigenvalue weighted by atomic mass is 9.92. The van der Waals surface area contributed by atoms with Crippen LogP contribution in [0.1, 0.15) is 47.9 Å². The second-order valence-corrected chi connectivity index (χ2v) is 6.62. The van der Waals surface area contributed by atoms with Crippen LogP contribution in [0.3, 0.4) is 0 Å². The number of hydrogen-bond donors (Lipinski definition) is 1. The smallest absolute Gasteiger partial charge is 0.272 e. The molecule has 0 radical (unpaired) electrons. The van der Waals surface area contributed by atoms with Gasteiger partial charge in [0.25, 0.3) is 5.91 Å². The number of nitrogens with one attached hydrogen (secondary N) is 1. The van der Waals surface area contributed by atoms with E-state index in [0.717, 1.165) is 69.5 Å². The molecule has 1 amide bonds. The summed E-state index contributed by atoms with van der Waals surface area (Å²) < 4.78 is 0. The summed E-state index contributed by atoms with van der Waals surface area (Å²) in [4.78, 5) is 23.5. The Morgan fingerprint density at radius 3 is 2.52 bits per heavy atom. The first-order valence-corrected chi connectivity index (χ1v) is 8.14. The standard InChI is InChI=1S/C16H22N4O/c21-16(14-3-6-18-15(19-14)11-1-2-11)20-7-4-12-9-17-10-13(12)5-8-20/h3,6,11-13,17H,1-2,4-5,7-10H2/t12-,13+. The van der Waals surface area contributed by atoms with Gasteiger partial charge in [-0.15, -0.1) is 0 Å². The maximum Gasteiger partial charge on any atom is 0.272 e. The molecule has 5 heteroatoms. The molecular weight excluding hydrogens is 264 g/mol. The predicted molar refractivity (Wildman–Crippen MR) is 79.0 cm³/mol. The number of rotatable bonds is 2. The van der Waals surface area contributed by atoms with Crippen molar-refractivity contribution in [2.45, 2.75) is 31.6 Å². The second kappa shape index (κ2) is 5.37. The summed E-state index contributed by atoms with van der Waals surface area (Å²) in [7, 11) is 0. The van der Waals surface area contributed by atoms with Gasteiger partial charge in [-0.25, -0.2) is 9.97 Å². The third-order valence-corrected chi connectivity index (χ3v) is 5.14. The fourth-order valence-corrected chi connectivity index (χ4v) is 3.61. The van der Waals surface area contributed by atoms with Crippen molar-refractivity contribution in [2.75, 3.05) is 26.2 Å². The molecule has 0 bridgehead atoms. The first-order chi connectivity index (χ1) is 10.3. The van der Waals surface area contributed by atoms with Gasteiger partial charge >= 0.3 is 0 Å². The van der Waals surface area contributed by atoms with E-state index in [1.54, 1.807) is 12.3 Å². The van der Waals surface area contributed by atoms with Crippen LogP contribution in [0.2, 0.25) is 0 Å². The van der Waals surface area contributed by atoms with Gasteiger partial charge in [0.05, 0.1) is 0 Å². The average molecular weight is 286 g/mol. The number of likely N-dealkylation sites (tertiary alicyclic amines) is 1. The van der Waals surface area contributed by atoms with Gasteiger partial charge in [-0.05, 0) is 56.7 Å². The Kier molecular flexibility index (Phi) is 3.37. The molecule has 21 heavy (non-hydrogen) atoms.